The quantitative estimate of drug-likeness (QED) is 0.707. The highest BCUT2D eigenvalue weighted by Crippen LogP contribution is 2.20. The molecule has 0 unspecified atom stereocenters. The lowest BCUT2D eigenvalue weighted by Gasteiger charge is -2.16. The highest BCUT2D eigenvalue weighted by Gasteiger charge is 2.17. The van der Waals surface area contributed by atoms with E-state index in [0.29, 0.717) is 15.6 Å². The average molecular weight is 334 g/mol. The molecule has 3 aromatic rings. The van der Waals surface area contributed by atoms with E-state index < -0.39 is 0 Å². The molecule has 0 radical (unpaired) electrons. The first-order valence-electron chi connectivity index (χ1n) is 6.45. The Morgan fingerprint density at radius 3 is 2.82 bits per heavy atom. The second-order valence-electron chi connectivity index (χ2n) is 4.70. The fraction of sp³-hybridized carbons (Fsp3) is 0.0667. The molecule has 0 aliphatic carbocycles. The van der Waals surface area contributed by atoms with Crippen LogP contribution in [0.25, 0.3) is 10.9 Å². The number of hydrogen-bond donors (Lipinski definition) is 2. The number of rotatable bonds is 2. The van der Waals surface area contributed by atoms with Gasteiger partial charge in [0.15, 0.2) is 0 Å². The summed E-state index contributed by atoms with van der Waals surface area (Å²) in [5.41, 5.74) is 3.72. The van der Waals surface area contributed by atoms with E-state index in [9.17, 15) is 9.59 Å². The molecular weight excluding hydrogens is 322 g/mol. The van der Waals surface area contributed by atoms with Crippen molar-refractivity contribution in [1.82, 2.24) is 15.4 Å². The van der Waals surface area contributed by atoms with Gasteiger partial charge in [-0.25, -0.2) is 0 Å². The number of nitrogens with zero attached hydrogens (tertiary/aromatic N) is 1. The molecule has 2 aromatic heterocycles. The molecule has 2 heterocycles. The third-order valence-corrected chi connectivity index (χ3v) is 4.23. The summed E-state index contributed by atoms with van der Waals surface area (Å²) in [5, 5.41) is 4.42. The Kier molecular flexibility index (Phi) is 3.87. The first-order chi connectivity index (χ1) is 10.5. The molecule has 22 heavy (non-hydrogen) atoms. The van der Waals surface area contributed by atoms with Crippen LogP contribution in [-0.4, -0.2) is 28.9 Å². The summed E-state index contributed by atoms with van der Waals surface area (Å²) in [5.74, 6) is -0.651. The van der Waals surface area contributed by atoms with Crippen LogP contribution in [0.15, 0.2) is 41.8 Å². The van der Waals surface area contributed by atoms with Crippen molar-refractivity contribution in [2.24, 2.45) is 0 Å². The molecule has 0 atom stereocenters. The first kappa shape index (κ1) is 14.6. The molecule has 0 saturated heterocycles. The van der Waals surface area contributed by atoms with Gasteiger partial charge in [-0.3, -0.25) is 20.0 Å². The summed E-state index contributed by atoms with van der Waals surface area (Å²) in [6, 6.07) is 10.5. The smallest absolute Gasteiger partial charge is 0.286 e. The van der Waals surface area contributed by atoms with Crippen molar-refractivity contribution in [3.63, 3.8) is 0 Å². The highest BCUT2D eigenvalue weighted by atomic mass is 35.5. The number of hydrazine groups is 1. The standard InChI is InChI=1S/C15H12ClN3O2S/c1-19(15(21)13-3-2-6-22-13)18-14(20)12-8-9-7-10(16)4-5-11(9)17-12/h2-8,17H,1H3,(H,18,20). The number of aromatic nitrogens is 1. The zero-order valence-electron chi connectivity index (χ0n) is 11.6. The van der Waals surface area contributed by atoms with Crippen molar-refractivity contribution in [1.29, 1.82) is 0 Å². The van der Waals surface area contributed by atoms with Crippen molar-refractivity contribution in [2.75, 3.05) is 7.05 Å². The van der Waals surface area contributed by atoms with Crippen LogP contribution in [0.4, 0.5) is 0 Å². The summed E-state index contributed by atoms with van der Waals surface area (Å²) in [6.07, 6.45) is 0. The predicted molar refractivity (Wildman–Crippen MR) is 87.2 cm³/mol. The number of amides is 2. The van der Waals surface area contributed by atoms with Crippen LogP contribution < -0.4 is 5.43 Å². The number of H-pyrrole nitrogens is 1. The molecule has 3 rings (SSSR count). The molecule has 0 fully saturated rings. The van der Waals surface area contributed by atoms with Gasteiger partial charge in [-0.1, -0.05) is 17.7 Å². The second kappa shape index (κ2) is 5.82. The maximum atomic E-state index is 12.2. The van der Waals surface area contributed by atoms with Crippen molar-refractivity contribution in [3.8, 4) is 0 Å². The second-order valence-corrected chi connectivity index (χ2v) is 6.08. The minimum atomic E-state index is -0.389. The van der Waals surface area contributed by atoms with Crippen molar-refractivity contribution >= 4 is 45.7 Å². The molecule has 0 spiro atoms. The molecular formula is C15H12ClN3O2S. The number of fused-ring (bicyclic) bond motifs is 1. The number of hydrogen-bond acceptors (Lipinski definition) is 3. The third kappa shape index (κ3) is 2.84. The average Bonchev–Trinajstić information content (AvgIpc) is 3.14. The fourth-order valence-corrected chi connectivity index (χ4v) is 2.93. The Bertz CT molecular complexity index is 842. The molecule has 5 nitrogen and oxygen atoms in total. The van der Waals surface area contributed by atoms with Gasteiger partial charge in [-0.15, -0.1) is 11.3 Å². The fourth-order valence-electron chi connectivity index (χ4n) is 2.05. The van der Waals surface area contributed by atoms with Gasteiger partial charge in [-0.2, -0.15) is 0 Å². The Morgan fingerprint density at radius 2 is 2.09 bits per heavy atom. The lowest BCUT2D eigenvalue weighted by Crippen LogP contribution is -2.43. The Morgan fingerprint density at radius 1 is 1.27 bits per heavy atom. The maximum Gasteiger partial charge on any atom is 0.286 e. The molecule has 0 aliphatic rings. The van der Waals surface area contributed by atoms with E-state index in [1.165, 1.54) is 23.4 Å². The van der Waals surface area contributed by atoms with E-state index >= 15 is 0 Å². The third-order valence-electron chi connectivity index (χ3n) is 3.13. The van der Waals surface area contributed by atoms with E-state index in [2.05, 4.69) is 10.4 Å². The summed E-state index contributed by atoms with van der Waals surface area (Å²) >= 11 is 7.25. The van der Waals surface area contributed by atoms with Gasteiger partial charge >= 0.3 is 0 Å². The lowest BCUT2D eigenvalue weighted by molar-refractivity contribution is 0.0638. The minimum absolute atomic E-state index is 0.262. The van der Waals surface area contributed by atoms with E-state index in [0.717, 1.165) is 10.9 Å². The van der Waals surface area contributed by atoms with Crippen molar-refractivity contribution in [2.45, 2.75) is 0 Å². The van der Waals surface area contributed by atoms with Gasteiger partial charge in [0.1, 0.15) is 5.69 Å². The van der Waals surface area contributed by atoms with E-state index in [1.807, 2.05) is 5.38 Å². The van der Waals surface area contributed by atoms with Crippen LogP contribution in [0.3, 0.4) is 0 Å². The number of carbonyl (C=O) groups is 2. The number of benzene rings is 1. The summed E-state index contributed by atoms with van der Waals surface area (Å²) < 4.78 is 0. The number of carbonyl (C=O) groups excluding carboxylic acids is 2. The lowest BCUT2D eigenvalue weighted by atomic mass is 10.2. The van der Waals surface area contributed by atoms with Gasteiger partial charge < -0.3 is 4.98 Å². The normalized spacial score (nSPS) is 10.6. The minimum Gasteiger partial charge on any atom is -0.350 e. The molecule has 0 bridgehead atoms. The van der Waals surface area contributed by atoms with Gasteiger partial charge in [-0.05, 0) is 35.7 Å². The van der Waals surface area contributed by atoms with Gasteiger partial charge in [0.25, 0.3) is 11.8 Å². The van der Waals surface area contributed by atoms with E-state index in [4.69, 9.17) is 11.6 Å². The van der Waals surface area contributed by atoms with E-state index in [-0.39, 0.29) is 11.8 Å². The molecule has 1 aromatic carbocycles. The Labute approximate surface area is 135 Å². The van der Waals surface area contributed by atoms with Gasteiger partial charge in [0.05, 0.1) is 4.88 Å². The number of thiophene rings is 1. The van der Waals surface area contributed by atoms with Crippen molar-refractivity contribution < 1.29 is 9.59 Å². The van der Waals surface area contributed by atoms with Crippen molar-refractivity contribution in [3.05, 3.63) is 57.4 Å². The number of nitrogens with one attached hydrogen (secondary N) is 2. The number of halogens is 1. The molecule has 2 N–H and O–H groups in total. The van der Waals surface area contributed by atoms with Gasteiger partial charge in [0.2, 0.25) is 0 Å². The largest absolute Gasteiger partial charge is 0.350 e. The summed E-state index contributed by atoms with van der Waals surface area (Å²) in [4.78, 5) is 27.9. The highest BCUT2D eigenvalue weighted by molar-refractivity contribution is 7.12. The predicted octanol–water partition coefficient (Wildman–Crippen LogP) is 3.30. The molecule has 2 amide bonds. The van der Waals surface area contributed by atoms with Crippen LogP contribution >= 0.6 is 22.9 Å². The molecule has 0 saturated carbocycles. The zero-order chi connectivity index (χ0) is 15.7. The molecule has 7 heteroatoms. The summed E-state index contributed by atoms with van der Waals surface area (Å²) in [7, 11) is 1.51. The summed E-state index contributed by atoms with van der Waals surface area (Å²) in [6.45, 7) is 0. The van der Waals surface area contributed by atoms with Crippen LogP contribution in [0.5, 0.6) is 0 Å². The Balaban J connectivity index is 1.76. The Hall–Kier alpha value is -2.31. The van der Waals surface area contributed by atoms with Crippen LogP contribution in [0.1, 0.15) is 20.2 Å². The first-order valence-corrected chi connectivity index (χ1v) is 7.71. The number of aromatic amines is 1. The molecule has 0 aliphatic heterocycles. The van der Waals surface area contributed by atoms with Gasteiger partial charge in [0, 0.05) is 23.0 Å². The van der Waals surface area contributed by atoms with Crippen LogP contribution in [0, 0.1) is 0 Å². The maximum absolute atomic E-state index is 12.2. The zero-order valence-corrected chi connectivity index (χ0v) is 13.2. The van der Waals surface area contributed by atoms with Crippen LogP contribution in [0.2, 0.25) is 5.02 Å². The molecule has 112 valence electrons. The van der Waals surface area contributed by atoms with E-state index in [1.54, 1.807) is 36.4 Å². The van der Waals surface area contributed by atoms with Crippen LogP contribution in [-0.2, 0) is 0 Å². The topological polar surface area (TPSA) is 65.2 Å². The SMILES string of the molecule is CN(NC(=O)c1cc2cc(Cl)ccc2[nH]1)C(=O)c1cccs1. The monoisotopic (exact) mass is 333 g/mol.